The van der Waals surface area contributed by atoms with Crippen molar-refractivity contribution in [1.82, 2.24) is 0 Å². The maximum atomic E-state index is 11.8. The van der Waals surface area contributed by atoms with Crippen LogP contribution in [0.4, 0.5) is 0 Å². The molecule has 18 heavy (non-hydrogen) atoms. The molecule has 0 aromatic rings. The number of fused-ring (bicyclic) bond motifs is 1. The van der Waals surface area contributed by atoms with Gasteiger partial charge in [-0.1, -0.05) is 6.58 Å². The Kier molecular flexibility index (Phi) is 2.27. The predicted octanol–water partition coefficient (Wildman–Crippen LogP) is 1.00. The minimum Gasteiger partial charge on any atom is -0.453 e. The number of hydrogen-bond donors (Lipinski definition) is 0. The van der Waals surface area contributed by atoms with Crippen molar-refractivity contribution in [2.75, 3.05) is 0 Å². The largest absolute Gasteiger partial charge is 0.453 e. The summed E-state index contributed by atoms with van der Waals surface area (Å²) in [7, 11) is -3.47. The van der Waals surface area contributed by atoms with Crippen LogP contribution in [-0.2, 0) is 23.8 Å². The zero-order chi connectivity index (χ0) is 13.3. The van der Waals surface area contributed by atoms with Gasteiger partial charge < -0.3 is 4.74 Å². The van der Waals surface area contributed by atoms with E-state index in [0.717, 1.165) is 6.42 Å². The minimum absolute atomic E-state index is 0.0251. The molecule has 3 fully saturated rings. The molecule has 5 unspecified atom stereocenters. The number of carbonyl (C=O) groups excluding carboxylic acids is 1. The van der Waals surface area contributed by atoms with Crippen molar-refractivity contribution in [1.29, 1.82) is 0 Å². The Morgan fingerprint density at radius 3 is 2.72 bits per heavy atom. The first-order valence-corrected chi connectivity index (χ1v) is 7.54. The fraction of sp³-hybridized carbons (Fsp3) is 0.750. The monoisotopic (exact) mass is 272 g/mol. The number of rotatable bonds is 2. The second kappa shape index (κ2) is 3.36. The highest BCUT2D eigenvalue weighted by molar-refractivity contribution is 7.87. The van der Waals surface area contributed by atoms with Gasteiger partial charge in [0, 0.05) is 17.4 Å². The van der Waals surface area contributed by atoms with Gasteiger partial charge in [0.25, 0.3) is 10.1 Å². The molecule has 0 N–H and O–H groups in total. The van der Waals surface area contributed by atoms with E-state index in [1.165, 1.54) is 0 Å². The zero-order valence-electron chi connectivity index (χ0n) is 10.4. The number of ether oxygens (including phenoxy) is 1. The van der Waals surface area contributed by atoms with Crippen LogP contribution in [0.25, 0.3) is 0 Å². The van der Waals surface area contributed by atoms with Gasteiger partial charge in [0.1, 0.15) is 11.7 Å². The number of esters is 1. The molecule has 3 aliphatic rings. The van der Waals surface area contributed by atoms with Gasteiger partial charge in [0.2, 0.25) is 0 Å². The maximum absolute atomic E-state index is 11.8. The summed E-state index contributed by atoms with van der Waals surface area (Å²) in [5, 5.41) is -0.399. The van der Waals surface area contributed by atoms with Crippen LogP contribution in [0.3, 0.4) is 0 Å². The van der Waals surface area contributed by atoms with Crippen molar-refractivity contribution in [3.63, 3.8) is 0 Å². The highest BCUT2D eigenvalue weighted by Crippen LogP contribution is 2.60. The Morgan fingerprint density at radius 1 is 1.44 bits per heavy atom. The van der Waals surface area contributed by atoms with Crippen LogP contribution in [0.1, 0.15) is 26.7 Å². The second-order valence-corrected chi connectivity index (χ2v) is 7.52. The third-order valence-corrected chi connectivity index (χ3v) is 6.34. The Labute approximate surface area is 106 Å². The van der Waals surface area contributed by atoms with Gasteiger partial charge in [-0.05, 0) is 26.7 Å². The summed E-state index contributed by atoms with van der Waals surface area (Å²) >= 11 is 0. The van der Waals surface area contributed by atoms with Crippen molar-refractivity contribution in [3.05, 3.63) is 12.2 Å². The highest BCUT2D eigenvalue weighted by atomic mass is 32.2. The Morgan fingerprint density at radius 2 is 2.11 bits per heavy atom. The molecule has 0 radical (unpaired) electrons. The molecule has 2 bridgehead atoms. The summed E-state index contributed by atoms with van der Waals surface area (Å²) in [6, 6.07) is 0. The molecule has 0 amide bonds. The van der Waals surface area contributed by atoms with Crippen molar-refractivity contribution < 1.29 is 22.1 Å². The normalized spacial score (nSPS) is 47.2. The van der Waals surface area contributed by atoms with E-state index < -0.39 is 33.0 Å². The van der Waals surface area contributed by atoms with Gasteiger partial charge in [-0.25, -0.2) is 4.79 Å². The first-order valence-electron chi connectivity index (χ1n) is 6.06. The third kappa shape index (κ3) is 1.36. The molecule has 0 aromatic carbocycles. The molecule has 0 aromatic heterocycles. The van der Waals surface area contributed by atoms with E-state index in [1.807, 2.05) is 0 Å². The molecule has 2 saturated carbocycles. The standard InChI is InChI=1S/C12H16O5S/c1-6(2)11(13)16-12(3)7-4-8-9(5-7)18(14,15)17-10(8)12/h7-10H,1,4-5H2,2-3H3. The lowest BCUT2D eigenvalue weighted by Gasteiger charge is -2.36. The molecular weight excluding hydrogens is 256 g/mol. The smallest absolute Gasteiger partial charge is 0.333 e. The van der Waals surface area contributed by atoms with E-state index in [1.54, 1.807) is 13.8 Å². The van der Waals surface area contributed by atoms with Gasteiger partial charge in [-0.15, -0.1) is 0 Å². The summed E-state index contributed by atoms with van der Waals surface area (Å²) in [5.41, 5.74) is -0.516. The van der Waals surface area contributed by atoms with Gasteiger partial charge >= 0.3 is 5.97 Å². The van der Waals surface area contributed by atoms with E-state index in [2.05, 4.69) is 6.58 Å². The van der Waals surface area contributed by atoms with E-state index in [-0.39, 0.29) is 11.8 Å². The fourth-order valence-electron chi connectivity index (χ4n) is 3.62. The number of hydrogen-bond acceptors (Lipinski definition) is 5. The topological polar surface area (TPSA) is 69.7 Å². The first kappa shape index (κ1) is 12.2. The summed E-state index contributed by atoms with van der Waals surface area (Å²) in [6.45, 7) is 6.90. The summed E-state index contributed by atoms with van der Waals surface area (Å²) in [5.74, 6) is -0.435. The van der Waals surface area contributed by atoms with Gasteiger partial charge in [-0.2, -0.15) is 8.42 Å². The maximum Gasteiger partial charge on any atom is 0.333 e. The Balaban J connectivity index is 1.93. The van der Waals surface area contributed by atoms with E-state index in [0.29, 0.717) is 12.0 Å². The first-order chi connectivity index (χ1) is 8.25. The lowest BCUT2D eigenvalue weighted by atomic mass is 9.83. The van der Waals surface area contributed by atoms with Crippen LogP contribution < -0.4 is 0 Å². The molecule has 0 spiro atoms. The summed E-state index contributed by atoms with van der Waals surface area (Å²) in [6.07, 6.45) is 0.771. The summed E-state index contributed by atoms with van der Waals surface area (Å²) < 4.78 is 34.3. The molecular formula is C12H16O5S. The molecule has 5 nitrogen and oxygen atoms in total. The molecule has 1 aliphatic heterocycles. The van der Waals surface area contributed by atoms with Crippen molar-refractivity contribution in [2.24, 2.45) is 11.8 Å². The molecule has 1 heterocycles. The fourth-order valence-corrected chi connectivity index (χ4v) is 5.53. The van der Waals surface area contributed by atoms with Crippen LogP contribution in [0.2, 0.25) is 0 Å². The quantitative estimate of drug-likeness (QED) is 0.426. The molecule has 1 saturated heterocycles. The van der Waals surface area contributed by atoms with Gasteiger partial charge in [0.05, 0.1) is 5.25 Å². The van der Waals surface area contributed by atoms with Crippen LogP contribution in [0.5, 0.6) is 0 Å². The average molecular weight is 272 g/mol. The van der Waals surface area contributed by atoms with Crippen LogP contribution in [0.15, 0.2) is 12.2 Å². The third-order valence-electron chi connectivity index (χ3n) is 4.59. The second-order valence-electron chi connectivity index (χ2n) is 5.73. The Hall–Kier alpha value is -0.880. The average Bonchev–Trinajstić information content (AvgIpc) is 2.83. The molecule has 3 rings (SSSR count). The van der Waals surface area contributed by atoms with E-state index in [9.17, 15) is 13.2 Å². The predicted molar refractivity (Wildman–Crippen MR) is 63.1 cm³/mol. The zero-order valence-corrected chi connectivity index (χ0v) is 11.2. The summed E-state index contributed by atoms with van der Waals surface area (Å²) in [4.78, 5) is 11.7. The van der Waals surface area contributed by atoms with Crippen LogP contribution in [-0.4, -0.2) is 31.3 Å². The molecule has 100 valence electrons. The SMILES string of the molecule is C=C(C)C(=O)OC1(C)C2CC3C1OS(=O)(=O)C3C2. The van der Waals surface area contributed by atoms with Crippen LogP contribution in [0, 0.1) is 11.8 Å². The Bertz CT molecular complexity index is 537. The van der Waals surface area contributed by atoms with Crippen LogP contribution >= 0.6 is 0 Å². The lowest BCUT2D eigenvalue weighted by molar-refractivity contribution is -0.167. The van der Waals surface area contributed by atoms with Crippen molar-refractivity contribution in [3.8, 4) is 0 Å². The molecule has 5 atom stereocenters. The van der Waals surface area contributed by atoms with Crippen molar-refractivity contribution in [2.45, 2.75) is 43.6 Å². The lowest BCUT2D eigenvalue weighted by Crippen LogP contribution is -2.48. The highest BCUT2D eigenvalue weighted by Gasteiger charge is 2.70. The van der Waals surface area contributed by atoms with Crippen molar-refractivity contribution >= 4 is 16.1 Å². The number of carbonyl (C=O) groups is 1. The van der Waals surface area contributed by atoms with E-state index in [4.69, 9.17) is 8.92 Å². The molecule has 2 aliphatic carbocycles. The molecule has 6 heteroatoms. The minimum atomic E-state index is -3.47. The van der Waals surface area contributed by atoms with Gasteiger partial charge in [-0.3, -0.25) is 4.18 Å². The van der Waals surface area contributed by atoms with E-state index >= 15 is 0 Å². The van der Waals surface area contributed by atoms with Gasteiger partial charge in [0.15, 0.2) is 0 Å².